The van der Waals surface area contributed by atoms with Crippen LogP contribution in [0.3, 0.4) is 0 Å². The third-order valence-electron chi connectivity index (χ3n) is 3.20. The van der Waals surface area contributed by atoms with Gasteiger partial charge >= 0.3 is 0 Å². The quantitative estimate of drug-likeness (QED) is 0.690. The number of hydrogen-bond donors (Lipinski definition) is 1. The zero-order chi connectivity index (χ0) is 9.42. The summed E-state index contributed by atoms with van der Waals surface area (Å²) in [7, 11) is 1.99. The zero-order valence-electron chi connectivity index (χ0n) is 8.14. The van der Waals surface area contributed by atoms with E-state index in [4.69, 9.17) is 5.73 Å². The van der Waals surface area contributed by atoms with E-state index in [-0.39, 0.29) is 0 Å². The van der Waals surface area contributed by atoms with Gasteiger partial charge in [-0.1, -0.05) is 6.92 Å². The number of aromatic nitrogens is 3. The van der Waals surface area contributed by atoms with Gasteiger partial charge in [0.15, 0.2) is 0 Å². The van der Waals surface area contributed by atoms with E-state index in [9.17, 15) is 0 Å². The summed E-state index contributed by atoms with van der Waals surface area (Å²) < 4.78 is 2.00. The molecule has 72 valence electrons. The van der Waals surface area contributed by atoms with Crippen molar-refractivity contribution in [2.45, 2.75) is 31.7 Å². The fraction of sp³-hybridized carbons (Fsp3) is 0.778. The Morgan fingerprint density at radius 3 is 2.77 bits per heavy atom. The van der Waals surface area contributed by atoms with E-state index >= 15 is 0 Å². The van der Waals surface area contributed by atoms with Crippen molar-refractivity contribution in [1.82, 2.24) is 14.8 Å². The van der Waals surface area contributed by atoms with Crippen LogP contribution in [-0.4, -0.2) is 20.8 Å². The fourth-order valence-electron chi connectivity index (χ4n) is 2.19. The predicted molar refractivity (Wildman–Crippen MR) is 50.1 cm³/mol. The summed E-state index contributed by atoms with van der Waals surface area (Å²) in [5.74, 6) is 2.12. The van der Waals surface area contributed by atoms with Gasteiger partial charge < -0.3 is 10.3 Å². The monoisotopic (exact) mass is 180 g/mol. The lowest BCUT2D eigenvalue weighted by Gasteiger charge is -2.16. The Balaban J connectivity index is 2.23. The van der Waals surface area contributed by atoms with E-state index in [1.54, 1.807) is 6.33 Å². The first-order valence-corrected chi connectivity index (χ1v) is 4.79. The molecule has 0 aromatic carbocycles. The molecule has 2 N–H and O–H groups in total. The zero-order valence-corrected chi connectivity index (χ0v) is 8.14. The van der Waals surface area contributed by atoms with Gasteiger partial charge in [0.2, 0.25) is 0 Å². The smallest absolute Gasteiger partial charge is 0.135 e. The van der Waals surface area contributed by atoms with Crippen LogP contribution in [0, 0.1) is 5.92 Å². The van der Waals surface area contributed by atoms with Crippen LogP contribution in [0.1, 0.15) is 31.5 Å². The Kier molecular flexibility index (Phi) is 2.07. The minimum absolute atomic E-state index is 0.335. The summed E-state index contributed by atoms with van der Waals surface area (Å²) in [5, 5.41) is 8.04. The molecule has 0 radical (unpaired) electrons. The Morgan fingerprint density at radius 2 is 2.31 bits per heavy atom. The van der Waals surface area contributed by atoms with Crippen molar-refractivity contribution in [2.24, 2.45) is 18.7 Å². The van der Waals surface area contributed by atoms with Crippen LogP contribution in [0.4, 0.5) is 0 Å². The van der Waals surface area contributed by atoms with E-state index < -0.39 is 0 Å². The third kappa shape index (κ3) is 1.35. The number of nitrogens with zero attached hydrogens (tertiary/aromatic N) is 3. The van der Waals surface area contributed by atoms with Crippen molar-refractivity contribution in [3.05, 3.63) is 12.2 Å². The molecule has 1 aliphatic rings. The molecule has 13 heavy (non-hydrogen) atoms. The molecule has 1 aromatic rings. The van der Waals surface area contributed by atoms with Crippen molar-refractivity contribution < 1.29 is 0 Å². The molecule has 2 rings (SSSR count). The molecule has 1 fully saturated rings. The van der Waals surface area contributed by atoms with Crippen molar-refractivity contribution in [1.29, 1.82) is 0 Å². The third-order valence-corrected chi connectivity index (χ3v) is 3.20. The van der Waals surface area contributed by atoms with E-state index in [1.807, 2.05) is 11.6 Å². The minimum Gasteiger partial charge on any atom is -0.327 e. The Hall–Kier alpha value is -0.900. The van der Waals surface area contributed by atoms with Crippen molar-refractivity contribution in [2.75, 3.05) is 0 Å². The summed E-state index contributed by atoms with van der Waals surface area (Å²) in [6.45, 7) is 2.21. The molecule has 0 spiro atoms. The first-order valence-electron chi connectivity index (χ1n) is 4.79. The normalized spacial score (nSPS) is 33.9. The van der Waals surface area contributed by atoms with Gasteiger partial charge in [0.05, 0.1) is 0 Å². The fourth-order valence-corrected chi connectivity index (χ4v) is 2.19. The summed E-state index contributed by atoms with van der Waals surface area (Å²) >= 11 is 0. The Morgan fingerprint density at radius 1 is 1.54 bits per heavy atom. The molecule has 0 amide bonds. The summed E-state index contributed by atoms with van der Waals surface area (Å²) in [6, 6.07) is 0.335. The van der Waals surface area contributed by atoms with Gasteiger partial charge in [-0.15, -0.1) is 10.2 Å². The van der Waals surface area contributed by atoms with Crippen LogP contribution < -0.4 is 5.73 Å². The van der Waals surface area contributed by atoms with Gasteiger partial charge in [0.1, 0.15) is 12.2 Å². The molecule has 1 saturated carbocycles. The second kappa shape index (κ2) is 3.10. The molecular weight excluding hydrogens is 164 g/mol. The van der Waals surface area contributed by atoms with Crippen LogP contribution in [0.15, 0.2) is 6.33 Å². The van der Waals surface area contributed by atoms with E-state index in [0.717, 1.165) is 18.7 Å². The topological polar surface area (TPSA) is 56.7 Å². The number of rotatable bonds is 1. The largest absolute Gasteiger partial charge is 0.327 e. The predicted octanol–water partition coefficient (Wildman–Crippen LogP) is 0.656. The molecule has 1 aromatic heterocycles. The highest BCUT2D eigenvalue weighted by atomic mass is 15.2. The van der Waals surface area contributed by atoms with Crippen molar-refractivity contribution >= 4 is 0 Å². The minimum atomic E-state index is 0.335. The van der Waals surface area contributed by atoms with Crippen molar-refractivity contribution in [3.8, 4) is 0 Å². The van der Waals surface area contributed by atoms with E-state index in [2.05, 4.69) is 17.1 Å². The lowest BCUT2D eigenvalue weighted by molar-refractivity contribution is 0.455. The van der Waals surface area contributed by atoms with Gasteiger partial charge in [-0.25, -0.2) is 0 Å². The lowest BCUT2D eigenvalue weighted by atomic mass is 9.95. The molecule has 0 aliphatic heterocycles. The van der Waals surface area contributed by atoms with Crippen LogP contribution >= 0.6 is 0 Å². The Labute approximate surface area is 78.1 Å². The number of hydrogen-bond acceptors (Lipinski definition) is 3. The standard InChI is InChI=1S/C9H16N4/c1-6-7(3-4-8(6)10)9-12-11-5-13(9)2/h5-8H,3-4,10H2,1-2H3. The van der Waals surface area contributed by atoms with Gasteiger partial charge in [-0.3, -0.25) is 0 Å². The maximum Gasteiger partial charge on any atom is 0.135 e. The molecular formula is C9H16N4. The number of nitrogens with two attached hydrogens (primary N) is 1. The lowest BCUT2D eigenvalue weighted by Crippen LogP contribution is -2.25. The van der Waals surface area contributed by atoms with Crippen LogP contribution in [0.5, 0.6) is 0 Å². The van der Waals surface area contributed by atoms with Crippen LogP contribution in [0.25, 0.3) is 0 Å². The van der Waals surface area contributed by atoms with Crippen LogP contribution in [-0.2, 0) is 7.05 Å². The number of aryl methyl sites for hydroxylation is 1. The highest BCUT2D eigenvalue weighted by molar-refractivity contribution is 5.04. The second-order valence-electron chi connectivity index (χ2n) is 4.01. The van der Waals surface area contributed by atoms with Crippen LogP contribution in [0.2, 0.25) is 0 Å². The molecule has 4 heteroatoms. The molecule has 0 bridgehead atoms. The summed E-state index contributed by atoms with van der Waals surface area (Å²) in [5.41, 5.74) is 5.97. The highest BCUT2D eigenvalue weighted by Crippen LogP contribution is 2.37. The average Bonchev–Trinajstić information content (AvgIpc) is 2.62. The molecule has 0 saturated heterocycles. The molecule has 1 heterocycles. The van der Waals surface area contributed by atoms with Crippen molar-refractivity contribution in [3.63, 3.8) is 0 Å². The SMILES string of the molecule is CC1C(N)CCC1c1nncn1C. The van der Waals surface area contributed by atoms with Gasteiger partial charge in [0.25, 0.3) is 0 Å². The molecule has 3 unspecified atom stereocenters. The maximum atomic E-state index is 5.97. The van der Waals surface area contributed by atoms with E-state index in [0.29, 0.717) is 17.9 Å². The molecule has 3 atom stereocenters. The van der Waals surface area contributed by atoms with Gasteiger partial charge in [0, 0.05) is 19.0 Å². The first kappa shape index (κ1) is 8.69. The van der Waals surface area contributed by atoms with Gasteiger partial charge in [-0.05, 0) is 18.8 Å². The molecule has 1 aliphatic carbocycles. The second-order valence-corrected chi connectivity index (χ2v) is 4.01. The average molecular weight is 180 g/mol. The maximum absolute atomic E-state index is 5.97. The first-order chi connectivity index (χ1) is 6.20. The highest BCUT2D eigenvalue weighted by Gasteiger charge is 2.33. The van der Waals surface area contributed by atoms with E-state index in [1.165, 1.54) is 0 Å². The summed E-state index contributed by atoms with van der Waals surface area (Å²) in [6.07, 6.45) is 4.01. The molecule has 4 nitrogen and oxygen atoms in total. The van der Waals surface area contributed by atoms with Gasteiger partial charge in [-0.2, -0.15) is 0 Å². The Bertz CT molecular complexity index is 294. The summed E-state index contributed by atoms with van der Waals surface area (Å²) in [4.78, 5) is 0.